The first-order chi connectivity index (χ1) is 23.2. The van der Waals surface area contributed by atoms with Gasteiger partial charge in [-0.05, 0) is 61.4 Å². The van der Waals surface area contributed by atoms with Gasteiger partial charge in [-0.25, -0.2) is 4.79 Å². The van der Waals surface area contributed by atoms with Gasteiger partial charge < -0.3 is 25.1 Å². The molecule has 0 spiro atoms. The predicted molar refractivity (Wildman–Crippen MR) is 190 cm³/mol. The predicted octanol–water partition coefficient (Wildman–Crippen LogP) is 8.02. The van der Waals surface area contributed by atoms with Gasteiger partial charge in [-0.1, -0.05) is 61.0 Å². The van der Waals surface area contributed by atoms with Crippen LogP contribution in [0.4, 0.5) is 10.7 Å². The number of esters is 1. The van der Waals surface area contributed by atoms with Gasteiger partial charge in [-0.3, -0.25) is 14.4 Å². The molecule has 2 aromatic heterocycles. The fourth-order valence-electron chi connectivity index (χ4n) is 4.68. The van der Waals surface area contributed by atoms with Gasteiger partial charge in [0.15, 0.2) is 0 Å². The van der Waals surface area contributed by atoms with E-state index in [1.807, 2.05) is 49.6 Å². The molecule has 9 nitrogen and oxygen atoms in total. The molecule has 0 bridgehead atoms. The zero-order valence-electron chi connectivity index (χ0n) is 26.4. The number of benzene rings is 3. The molecule has 1 atom stereocenters. The summed E-state index contributed by atoms with van der Waals surface area (Å²) in [5, 5.41) is 10.2. The van der Waals surface area contributed by atoms with Crippen LogP contribution in [0.5, 0.6) is 0 Å². The van der Waals surface area contributed by atoms with Crippen molar-refractivity contribution in [1.82, 2.24) is 5.32 Å². The lowest BCUT2D eigenvalue weighted by molar-refractivity contribution is -0.116. The first-order valence-electron chi connectivity index (χ1n) is 15.0. The number of carbonyl (C=O) groups is 4. The molecular formula is C37H33N3O6S2. The maximum Gasteiger partial charge on any atom is 0.341 e. The van der Waals surface area contributed by atoms with Gasteiger partial charge in [0, 0.05) is 33.2 Å². The van der Waals surface area contributed by atoms with Crippen molar-refractivity contribution in [2.75, 3.05) is 17.7 Å². The van der Waals surface area contributed by atoms with E-state index in [-0.39, 0.29) is 11.6 Å². The zero-order chi connectivity index (χ0) is 34.0. The molecule has 5 aromatic rings. The number of carbonyl (C=O) groups excluding carboxylic acids is 4. The second-order valence-electron chi connectivity index (χ2n) is 10.6. The standard InChI is InChI=1S/C37H33N3O6S2/c1-4-31(35(43)40-36-32(37(44)45-3)29(22-47-36)24-17-15-23(2)16-18-24)48-28-14-8-12-26(20-28)38-34(42)30(21-27-13-9-19-46-27)39-33(41)25-10-6-5-7-11-25/h5-22,31H,4H2,1-3H3,(H,38,42)(H,39,41)(H,40,43)/b30-21-. The molecule has 0 saturated carbocycles. The van der Waals surface area contributed by atoms with E-state index in [9.17, 15) is 19.2 Å². The molecule has 3 amide bonds. The average molecular weight is 680 g/mol. The number of furan rings is 1. The highest BCUT2D eigenvalue weighted by Crippen LogP contribution is 2.37. The minimum Gasteiger partial charge on any atom is -0.465 e. The fourth-order valence-corrected chi connectivity index (χ4v) is 6.66. The van der Waals surface area contributed by atoms with Gasteiger partial charge in [-0.2, -0.15) is 0 Å². The number of anilines is 2. The Balaban J connectivity index is 1.30. The number of thioether (sulfide) groups is 1. The first kappa shape index (κ1) is 34.0. The van der Waals surface area contributed by atoms with Crippen molar-refractivity contribution in [3.8, 4) is 11.1 Å². The molecule has 0 aliphatic heterocycles. The summed E-state index contributed by atoms with van der Waals surface area (Å²) < 4.78 is 10.4. The van der Waals surface area contributed by atoms with Crippen LogP contribution in [0.15, 0.2) is 118 Å². The Kier molecular flexibility index (Phi) is 11.3. The molecule has 1 unspecified atom stereocenters. The average Bonchev–Trinajstić information content (AvgIpc) is 3.77. The molecule has 0 radical (unpaired) electrons. The number of nitrogens with one attached hydrogen (secondary N) is 3. The van der Waals surface area contributed by atoms with Gasteiger partial charge in [0.1, 0.15) is 22.0 Å². The van der Waals surface area contributed by atoms with Gasteiger partial charge in [0.2, 0.25) is 5.91 Å². The lowest BCUT2D eigenvalue weighted by Crippen LogP contribution is -2.30. The summed E-state index contributed by atoms with van der Waals surface area (Å²) in [4.78, 5) is 53.4. The maximum atomic E-state index is 13.5. The summed E-state index contributed by atoms with van der Waals surface area (Å²) >= 11 is 2.59. The summed E-state index contributed by atoms with van der Waals surface area (Å²) in [5.41, 5.74) is 3.78. The molecule has 3 N–H and O–H groups in total. The van der Waals surface area contributed by atoms with E-state index in [4.69, 9.17) is 9.15 Å². The SMILES string of the molecule is CCC(Sc1cccc(NC(=O)/C(=C/c2ccco2)NC(=O)c2ccccc2)c1)C(=O)Nc1scc(-c2ccc(C)cc2)c1C(=O)OC. The molecule has 11 heteroatoms. The monoisotopic (exact) mass is 679 g/mol. The smallest absolute Gasteiger partial charge is 0.341 e. The molecule has 0 fully saturated rings. The van der Waals surface area contributed by atoms with E-state index < -0.39 is 23.0 Å². The Morgan fingerprint density at radius 1 is 0.938 bits per heavy atom. The van der Waals surface area contributed by atoms with Crippen LogP contribution in [0.25, 0.3) is 17.2 Å². The second kappa shape index (κ2) is 15.9. The Morgan fingerprint density at radius 2 is 1.71 bits per heavy atom. The van der Waals surface area contributed by atoms with Crippen molar-refractivity contribution < 1.29 is 28.3 Å². The van der Waals surface area contributed by atoms with Gasteiger partial charge in [0.25, 0.3) is 11.8 Å². The van der Waals surface area contributed by atoms with Crippen molar-refractivity contribution in [2.24, 2.45) is 0 Å². The third-order valence-electron chi connectivity index (χ3n) is 7.17. The third-order valence-corrected chi connectivity index (χ3v) is 9.43. The van der Waals surface area contributed by atoms with Crippen LogP contribution in [0, 0.1) is 6.92 Å². The van der Waals surface area contributed by atoms with Crippen LogP contribution in [0.3, 0.4) is 0 Å². The van der Waals surface area contributed by atoms with E-state index in [0.29, 0.717) is 39.6 Å². The van der Waals surface area contributed by atoms with Crippen molar-refractivity contribution >= 4 is 63.6 Å². The number of hydrogen-bond donors (Lipinski definition) is 3. The number of thiophene rings is 1. The van der Waals surface area contributed by atoms with Gasteiger partial charge >= 0.3 is 5.97 Å². The number of methoxy groups -OCH3 is 1. The van der Waals surface area contributed by atoms with Gasteiger partial charge in [-0.15, -0.1) is 23.1 Å². The second-order valence-corrected chi connectivity index (χ2v) is 12.7. The van der Waals surface area contributed by atoms with Crippen molar-refractivity contribution in [3.63, 3.8) is 0 Å². The van der Waals surface area contributed by atoms with Crippen molar-refractivity contribution in [3.05, 3.63) is 131 Å². The summed E-state index contributed by atoms with van der Waals surface area (Å²) in [6, 6.07) is 26.8. The van der Waals surface area contributed by atoms with Crippen LogP contribution < -0.4 is 16.0 Å². The van der Waals surface area contributed by atoms with Crippen LogP contribution in [-0.2, 0) is 14.3 Å². The topological polar surface area (TPSA) is 127 Å². The molecule has 5 rings (SSSR count). The van der Waals surface area contributed by atoms with Crippen molar-refractivity contribution in [1.29, 1.82) is 0 Å². The number of ether oxygens (including phenoxy) is 1. The third kappa shape index (κ3) is 8.49. The molecular weight excluding hydrogens is 647 g/mol. The van der Waals surface area contributed by atoms with E-state index in [2.05, 4.69) is 16.0 Å². The minimum atomic E-state index is -0.556. The summed E-state index contributed by atoms with van der Waals surface area (Å²) in [6.45, 7) is 3.89. The molecule has 0 saturated heterocycles. The number of rotatable bonds is 12. The van der Waals surface area contributed by atoms with Crippen LogP contribution in [0.2, 0.25) is 0 Å². The lowest BCUT2D eigenvalue weighted by Gasteiger charge is -2.16. The number of hydrogen-bond acceptors (Lipinski definition) is 8. The van der Waals surface area contributed by atoms with E-state index in [0.717, 1.165) is 16.0 Å². The number of aryl methyl sites for hydroxylation is 1. The minimum absolute atomic E-state index is 0.00923. The first-order valence-corrected chi connectivity index (χ1v) is 16.8. The Hall–Kier alpha value is -5.39. The quantitative estimate of drug-likeness (QED) is 0.0693. The number of amides is 3. The zero-order valence-corrected chi connectivity index (χ0v) is 28.1. The van der Waals surface area contributed by atoms with Crippen LogP contribution >= 0.6 is 23.1 Å². The highest BCUT2D eigenvalue weighted by molar-refractivity contribution is 8.00. The molecule has 3 aromatic carbocycles. The largest absolute Gasteiger partial charge is 0.465 e. The molecule has 0 aliphatic rings. The molecule has 0 aliphatic carbocycles. The van der Waals surface area contributed by atoms with Crippen LogP contribution in [0.1, 0.15) is 45.4 Å². The lowest BCUT2D eigenvalue weighted by atomic mass is 10.0. The normalized spacial score (nSPS) is 11.8. The Morgan fingerprint density at radius 3 is 2.40 bits per heavy atom. The van der Waals surface area contributed by atoms with E-state index in [1.54, 1.807) is 60.7 Å². The van der Waals surface area contributed by atoms with Crippen LogP contribution in [-0.4, -0.2) is 36.1 Å². The summed E-state index contributed by atoms with van der Waals surface area (Å²) in [6.07, 6.45) is 3.42. The Bertz CT molecular complexity index is 1930. The highest BCUT2D eigenvalue weighted by Gasteiger charge is 2.25. The summed E-state index contributed by atoms with van der Waals surface area (Å²) in [5.74, 6) is -1.42. The fraction of sp³-hybridized carbons (Fsp3) is 0.135. The van der Waals surface area contributed by atoms with E-state index >= 15 is 0 Å². The summed E-state index contributed by atoms with van der Waals surface area (Å²) in [7, 11) is 1.31. The molecule has 244 valence electrons. The molecule has 48 heavy (non-hydrogen) atoms. The Labute approximate surface area is 286 Å². The van der Waals surface area contributed by atoms with Gasteiger partial charge in [0.05, 0.1) is 18.6 Å². The molecule has 2 heterocycles. The maximum absolute atomic E-state index is 13.5. The van der Waals surface area contributed by atoms with E-state index in [1.165, 1.54) is 42.5 Å². The highest BCUT2D eigenvalue weighted by atomic mass is 32.2. The van der Waals surface area contributed by atoms with Crippen molar-refractivity contribution in [2.45, 2.75) is 30.4 Å².